The Morgan fingerprint density at radius 1 is 1.38 bits per heavy atom. The van der Waals surface area contributed by atoms with E-state index in [-0.39, 0.29) is 6.10 Å². The molecule has 16 heavy (non-hydrogen) atoms. The quantitative estimate of drug-likeness (QED) is 0.802. The average molecular weight is 216 g/mol. The fourth-order valence-electron chi connectivity index (χ4n) is 1.56. The van der Waals surface area contributed by atoms with Gasteiger partial charge in [0.1, 0.15) is 11.3 Å². The first kappa shape index (κ1) is 10.7. The van der Waals surface area contributed by atoms with E-state index in [0.29, 0.717) is 0 Å². The average Bonchev–Trinajstić information content (AvgIpc) is 2.33. The molecule has 2 N–H and O–H groups in total. The van der Waals surface area contributed by atoms with Gasteiger partial charge < -0.3 is 10.5 Å². The number of anilines is 1. The van der Waals surface area contributed by atoms with Gasteiger partial charge in [-0.25, -0.2) is 0 Å². The van der Waals surface area contributed by atoms with E-state index in [0.717, 1.165) is 28.8 Å². The van der Waals surface area contributed by atoms with E-state index in [1.54, 1.807) is 6.20 Å². The van der Waals surface area contributed by atoms with Crippen LogP contribution in [0.5, 0.6) is 5.75 Å². The first-order chi connectivity index (χ1) is 7.72. The molecule has 0 saturated carbocycles. The number of hydrogen-bond donors (Lipinski definition) is 1. The largest absolute Gasteiger partial charge is 0.488 e. The van der Waals surface area contributed by atoms with Crippen molar-refractivity contribution >= 4 is 16.6 Å². The Bertz CT molecular complexity index is 496. The van der Waals surface area contributed by atoms with Gasteiger partial charge >= 0.3 is 0 Å². The first-order valence-corrected chi connectivity index (χ1v) is 5.52. The molecular weight excluding hydrogens is 200 g/mol. The summed E-state index contributed by atoms with van der Waals surface area (Å²) in [5.41, 5.74) is 7.46. The topological polar surface area (TPSA) is 48.1 Å². The summed E-state index contributed by atoms with van der Waals surface area (Å²) < 4.78 is 5.81. The van der Waals surface area contributed by atoms with Crippen molar-refractivity contribution in [2.24, 2.45) is 0 Å². The van der Waals surface area contributed by atoms with E-state index >= 15 is 0 Å². The lowest BCUT2D eigenvalue weighted by Crippen LogP contribution is -2.10. The maximum atomic E-state index is 5.89. The molecule has 1 atom stereocenters. The molecule has 0 saturated heterocycles. The molecule has 0 aliphatic heterocycles. The second-order valence-electron chi connectivity index (χ2n) is 3.89. The minimum Gasteiger partial charge on any atom is -0.488 e. The summed E-state index contributed by atoms with van der Waals surface area (Å²) in [5, 5.41) is 0.948. The zero-order chi connectivity index (χ0) is 11.5. The summed E-state index contributed by atoms with van der Waals surface area (Å²) in [6.45, 7) is 4.14. The molecule has 1 unspecified atom stereocenters. The Morgan fingerprint density at radius 2 is 2.19 bits per heavy atom. The molecule has 3 heteroatoms. The number of fused-ring (bicyclic) bond motifs is 1. The number of pyridine rings is 1. The molecule has 0 spiro atoms. The van der Waals surface area contributed by atoms with Crippen LogP contribution in [0.3, 0.4) is 0 Å². The number of hydrogen-bond acceptors (Lipinski definition) is 3. The second-order valence-corrected chi connectivity index (χ2v) is 3.89. The van der Waals surface area contributed by atoms with Crippen molar-refractivity contribution in [3.8, 4) is 5.75 Å². The lowest BCUT2D eigenvalue weighted by Gasteiger charge is -2.14. The van der Waals surface area contributed by atoms with Crippen LogP contribution in [0.4, 0.5) is 5.69 Å². The molecular formula is C13H16N2O. The molecule has 0 aliphatic carbocycles. The summed E-state index contributed by atoms with van der Waals surface area (Å²) in [7, 11) is 0. The normalized spacial score (nSPS) is 12.6. The SMILES string of the molecule is CCC(C)Oc1ccc(N)c2cccnc12. The number of ether oxygens (including phenoxy) is 1. The molecule has 1 aromatic carbocycles. The molecule has 1 heterocycles. The highest BCUT2D eigenvalue weighted by Crippen LogP contribution is 2.28. The van der Waals surface area contributed by atoms with Crippen molar-refractivity contribution in [3.63, 3.8) is 0 Å². The Kier molecular flexibility index (Phi) is 2.95. The van der Waals surface area contributed by atoms with E-state index in [1.807, 2.05) is 31.2 Å². The number of benzene rings is 1. The summed E-state index contributed by atoms with van der Waals surface area (Å²) >= 11 is 0. The predicted octanol–water partition coefficient (Wildman–Crippen LogP) is 2.99. The van der Waals surface area contributed by atoms with Gasteiger partial charge in [0, 0.05) is 17.3 Å². The van der Waals surface area contributed by atoms with Gasteiger partial charge in [0.25, 0.3) is 0 Å². The second kappa shape index (κ2) is 4.39. The van der Waals surface area contributed by atoms with Crippen molar-refractivity contribution in [2.45, 2.75) is 26.4 Å². The molecule has 3 nitrogen and oxygen atoms in total. The van der Waals surface area contributed by atoms with Gasteiger partial charge in [0.2, 0.25) is 0 Å². The highest BCUT2D eigenvalue weighted by Gasteiger charge is 2.08. The molecule has 0 radical (unpaired) electrons. The molecule has 0 bridgehead atoms. The number of rotatable bonds is 3. The van der Waals surface area contributed by atoms with Crippen LogP contribution in [0.25, 0.3) is 10.9 Å². The Morgan fingerprint density at radius 3 is 2.94 bits per heavy atom. The van der Waals surface area contributed by atoms with Crippen LogP contribution in [0.1, 0.15) is 20.3 Å². The third-order valence-electron chi connectivity index (χ3n) is 2.67. The fraction of sp³-hybridized carbons (Fsp3) is 0.308. The van der Waals surface area contributed by atoms with Crippen molar-refractivity contribution in [3.05, 3.63) is 30.5 Å². The molecule has 84 valence electrons. The van der Waals surface area contributed by atoms with Crippen molar-refractivity contribution in [2.75, 3.05) is 5.73 Å². The predicted molar refractivity (Wildman–Crippen MR) is 66.5 cm³/mol. The van der Waals surface area contributed by atoms with Gasteiger partial charge in [-0.15, -0.1) is 0 Å². The van der Waals surface area contributed by atoms with E-state index in [4.69, 9.17) is 10.5 Å². The van der Waals surface area contributed by atoms with Crippen LogP contribution in [0, 0.1) is 0 Å². The standard InChI is InChI=1S/C13H16N2O/c1-3-9(2)16-12-7-6-11(14)10-5-4-8-15-13(10)12/h4-9H,3,14H2,1-2H3. The molecule has 1 aromatic heterocycles. The lowest BCUT2D eigenvalue weighted by molar-refractivity contribution is 0.220. The zero-order valence-electron chi connectivity index (χ0n) is 9.60. The van der Waals surface area contributed by atoms with Gasteiger partial charge in [-0.05, 0) is 37.6 Å². The lowest BCUT2D eigenvalue weighted by atomic mass is 10.1. The van der Waals surface area contributed by atoms with Gasteiger partial charge in [-0.2, -0.15) is 0 Å². The van der Waals surface area contributed by atoms with E-state index in [9.17, 15) is 0 Å². The molecule has 0 aliphatic rings. The highest BCUT2D eigenvalue weighted by molar-refractivity contribution is 5.94. The molecule has 0 amide bonds. The van der Waals surface area contributed by atoms with E-state index in [2.05, 4.69) is 11.9 Å². The summed E-state index contributed by atoms with van der Waals surface area (Å²) in [5.74, 6) is 0.805. The van der Waals surface area contributed by atoms with Gasteiger partial charge in [-0.3, -0.25) is 4.98 Å². The van der Waals surface area contributed by atoms with Crippen LogP contribution in [-0.4, -0.2) is 11.1 Å². The Hall–Kier alpha value is -1.77. The van der Waals surface area contributed by atoms with Crippen molar-refractivity contribution in [1.29, 1.82) is 0 Å². The highest BCUT2D eigenvalue weighted by atomic mass is 16.5. The number of nitrogens with two attached hydrogens (primary N) is 1. The van der Waals surface area contributed by atoms with Crippen LogP contribution in [-0.2, 0) is 0 Å². The minimum absolute atomic E-state index is 0.189. The Labute approximate surface area is 95.2 Å². The zero-order valence-corrected chi connectivity index (χ0v) is 9.60. The van der Waals surface area contributed by atoms with Gasteiger partial charge in [0.05, 0.1) is 6.10 Å². The van der Waals surface area contributed by atoms with Crippen molar-refractivity contribution in [1.82, 2.24) is 4.98 Å². The third kappa shape index (κ3) is 1.94. The molecule has 2 aromatic rings. The smallest absolute Gasteiger partial charge is 0.146 e. The fourth-order valence-corrected chi connectivity index (χ4v) is 1.56. The summed E-state index contributed by atoms with van der Waals surface area (Å²) in [4.78, 5) is 4.32. The summed E-state index contributed by atoms with van der Waals surface area (Å²) in [6, 6.07) is 7.59. The monoisotopic (exact) mass is 216 g/mol. The Balaban J connectivity index is 2.50. The first-order valence-electron chi connectivity index (χ1n) is 5.52. The van der Waals surface area contributed by atoms with Crippen LogP contribution < -0.4 is 10.5 Å². The van der Waals surface area contributed by atoms with E-state index < -0.39 is 0 Å². The molecule has 2 rings (SSSR count). The maximum absolute atomic E-state index is 5.89. The van der Waals surface area contributed by atoms with Gasteiger partial charge in [-0.1, -0.05) is 6.92 Å². The molecule has 0 fully saturated rings. The number of nitrogen functional groups attached to an aromatic ring is 1. The van der Waals surface area contributed by atoms with Crippen molar-refractivity contribution < 1.29 is 4.74 Å². The number of aromatic nitrogens is 1. The third-order valence-corrected chi connectivity index (χ3v) is 2.67. The van der Waals surface area contributed by atoms with Crippen LogP contribution >= 0.6 is 0 Å². The minimum atomic E-state index is 0.189. The number of nitrogens with zero attached hydrogens (tertiary/aromatic N) is 1. The van der Waals surface area contributed by atoms with E-state index in [1.165, 1.54) is 0 Å². The summed E-state index contributed by atoms with van der Waals surface area (Å²) in [6.07, 6.45) is 2.91. The van der Waals surface area contributed by atoms with Gasteiger partial charge in [0.15, 0.2) is 0 Å². The maximum Gasteiger partial charge on any atom is 0.146 e. The van der Waals surface area contributed by atoms with Crippen LogP contribution in [0.2, 0.25) is 0 Å². The van der Waals surface area contributed by atoms with Crippen LogP contribution in [0.15, 0.2) is 30.5 Å².